The molecule has 0 saturated heterocycles. The summed E-state index contributed by atoms with van der Waals surface area (Å²) in [5.41, 5.74) is 7.65. The molecule has 0 heterocycles. The van der Waals surface area contributed by atoms with Gasteiger partial charge in [-0.1, -0.05) is 24.3 Å². The Morgan fingerprint density at radius 3 is 2.43 bits per heavy atom. The quantitative estimate of drug-likeness (QED) is 0.437. The molecule has 2 rings (SSSR count). The maximum Gasteiger partial charge on any atom is 0.144 e. The lowest BCUT2D eigenvalue weighted by Crippen LogP contribution is -1.79. The minimum Gasteiger partial charge on any atom is -0.428 e. The van der Waals surface area contributed by atoms with E-state index < -0.39 is 0 Å². The molecule has 4 heteroatoms. The molecule has 2 aromatic rings. The monoisotopic (exact) mass is 204 g/mol. The van der Waals surface area contributed by atoms with Gasteiger partial charge in [-0.25, -0.2) is 5.53 Å². The Hall–Kier alpha value is -1.55. The molecule has 1 N–H and O–H groups in total. The van der Waals surface area contributed by atoms with E-state index in [0.29, 0.717) is 11.4 Å². The van der Waals surface area contributed by atoms with Crippen LogP contribution >= 0.6 is 12.9 Å². The van der Waals surface area contributed by atoms with Crippen LogP contribution in [0, 0.1) is 5.53 Å². The second kappa shape index (κ2) is 3.67. The predicted molar refractivity (Wildman–Crippen MR) is 58.4 cm³/mol. The van der Waals surface area contributed by atoms with Crippen LogP contribution in [0.25, 0.3) is 10.8 Å². The number of nitrogens with zero attached hydrogens (tertiary/aromatic N) is 1. The second-order valence-electron chi connectivity index (χ2n) is 2.83. The first-order valence-electron chi connectivity index (χ1n) is 4.07. The van der Waals surface area contributed by atoms with Crippen LogP contribution in [0.4, 0.5) is 5.69 Å². The highest BCUT2D eigenvalue weighted by Crippen LogP contribution is 2.33. The smallest absolute Gasteiger partial charge is 0.144 e. The molecule has 0 amide bonds. The van der Waals surface area contributed by atoms with Crippen LogP contribution in [0.1, 0.15) is 0 Å². The Labute approximate surface area is 86.8 Å². The van der Waals surface area contributed by atoms with Gasteiger partial charge in [0.2, 0.25) is 0 Å². The first-order valence-corrected chi connectivity index (χ1v) is 4.44. The van der Waals surface area contributed by atoms with Crippen molar-refractivity contribution in [3.05, 3.63) is 36.4 Å². The topological polar surface area (TPSA) is 45.4 Å². The maximum absolute atomic E-state index is 7.02. The van der Waals surface area contributed by atoms with Gasteiger partial charge in [-0.2, -0.15) is 5.11 Å². The van der Waals surface area contributed by atoms with Crippen molar-refractivity contribution in [2.45, 2.75) is 0 Å². The highest BCUT2D eigenvalue weighted by atomic mass is 32.1. The molecule has 0 aliphatic heterocycles. The van der Waals surface area contributed by atoms with Crippen LogP contribution in [0.3, 0.4) is 0 Å². The van der Waals surface area contributed by atoms with Gasteiger partial charge in [0, 0.05) is 23.7 Å². The Kier molecular flexibility index (Phi) is 2.37. The largest absolute Gasteiger partial charge is 0.428 e. The summed E-state index contributed by atoms with van der Waals surface area (Å²) in [5, 5.41) is 5.25. The minimum atomic E-state index is 0.634. The molecule has 70 valence electrons. The molecule has 0 unspecified atom stereocenters. The summed E-state index contributed by atoms with van der Waals surface area (Å²) in [7, 11) is 0. The molecule has 0 aromatic heterocycles. The number of hydrogen-bond donors (Lipinski definition) is 2. The van der Waals surface area contributed by atoms with E-state index in [-0.39, 0.29) is 0 Å². The Morgan fingerprint density at radius 1 is 1.07 bits per heavy atom. The van der Waals surface area contributed by atoms with Crippen molar-refractivity contribution >= 4 is 29.4 Å². The van der Waals surface area contributed by atoms with Crippen molar-refractivity contribution in [2.75, 3.05) is 0 Å². The fourth-order valence-corrected chi connectivity index (χ4v) is 1.59. The fourth-order valence-electron chi connectivity index (χ4n) is 1.43. The van der Waals surface area contributed by atoms with Gasteiger partial charge < -0.3 is 4.18 Å². The number of benzene rings is 2. The molecule has 0 radical (unpaired) electrons. The highest BCUT2D eigenvalue weighted by Gasteiger charge is 2.04. The number of rotatable bonds is 2. The number of nitrogens with one attached hydrogen (secondary N) is 1. The summed E-state index contributed by atoms with van der Waals surface area (Å²) >= 11 is 3.77. The first-order chi connectivity index (χ1) is 6.86. The molecule has 0 fully saturated rings. The summed E-state index contributed by atoms with van der Waals surface area (Å²) < 4.78 is 4.92. The molecular formula is C10H8N2OS. The lowest BCUT2D eigenvalue weighted by Gasteiger charge is -2.04. The highest BCUT2D eigenvalue weighted by molar-refractivity contribution is 7.75. The summed E-state index contributed by atoms with van der Waals surface area (Å²) in [5.74, 6) is 0.677. The molecule has 0 aliphatic rings. The van der Waals surface area contributed by atoms with Crippen LogP contribution in [0.2, 0.25) is 0 Å². The summed E-state index contributed by atoms with van der Waals surface area (Å²) in [6.45, 7) is 0. The van der Waals surface area contributed by atoms with Gasteiger partial charge >= 0.3 is 0 Å². The molecule has 0 atom stereocenters. The van der Waals surface area contributed by atoms with E-state index in [0.717, 1.165) is 10.8 Å². The Morgan fingerprint density at radius 2 is 1.79 bits per heavy atom. The van der Waals surface area contributed by atoms with Gasteiger partial charge in [-0.05, 0) is 12.1 Å². The van der Waals surface area contributed by atoms with Gasteiger partial charge in [0.15, 0.2) is 0 Å². The zero-order valence-electron chi connectivity index (χ0n) is 7.27. The average Bonchev–Trinajstić information content (AvgIpc) is 2.27. The molecule has 0 aliphatic carbocycles. The lowest BCUT2D eigenvalue weighted by atomic mass is 10.1. The molecule has 2 aromatic carbocycles. The van der Waals surface area contributed by atoms with E-state index >= 15 is 0 Å². The Bertz CT molecular complexity index is 485. The van der Waals surface area contributed by atoms with Crippen LogP contribution in [0.5, 0.6) is 5.75 Å². The van der Waals surface area contributed by atoms with Crippen molar-refractivity contribution in [1.82, 2.24) is 0 Å². The zero-order chi connectivity index (χ0) is 9.97. The van der Waals surface area contributed by atoms with Gasteiger partial charge in [-0.15, -0.1) is 0 Å². The van der Waals surface area contributed by atoms with E-state index in [1.807, 2.05) is 24.3 Å². The number of hydrogen-bond acceptors (Lipinski definition) is 4. The summed E-state index contributed by atoms with van der Waals surface area (Å²) in [4.78, 5) is 0. The van der Waals surface area contributed by atoms with Crippen LogP contribution in [0.15, 0.2) is 41.5 Å². The first kappa shape index (κ1) is 9.02. The van der Waals surface area contributed by atoms with Crippen LogP contribution in [-0.2, 0) is 0 Å². The van der Waals surface area contributed by atoms with Crippen molar-refractivity contribution in [2.24, 2.45) is 5.11 Å². The van der Waals surface area contributed by atoms with Gasteiger partial charge in [0.25, 0.3) is 0 Å². The molecule has 0 bridgehead atoms. The normalized spacial score (nSPS) is 10.1. The van der Waals surface area contributed by atoms with E-state index in [2.05, 4.69) is 18.0 Å². The van der Waals surface area contributed by atoms with Gasteiger partial charge in [-0.3, -0.25) is 0 Å². The van der Waals surface area contributed by atoms with Crippen LogP contribution < -0.4 is 4.18 Å². The van der Waals surface area contributed by atoms with E-state index in [4.69, 9.17) is 9.71 Å². The van der Waals surface area contributed by atoms with Gasteiger partial charge in [0.05, 0.1) is 5.69 Å². The molecule has 0 saturated carbocycles. The molecule has 3 nitrogen and oxygen atoms in total. The Balaban J connectivity index is 2.84. The third kappa shape index (κ3) is 1.33. The van der Waals surface area contributed by atoms with E-state index in [1.165, 1.54) is 0 Å². The van der Waals surface area contributed by atoms with Crippen molar-refractivity contribution < 1.29 is 4.18 Å². The van der Waals surface area contributed by atoms with E-state index in [1.54, 1.807) is 12.1 Å². The molecular weight excluding hydrogens is 196 g/mol. The lowest BCUT2D eigenvalue weighted by molar-refractivity contribution is 0.667. The SMILES string of the molecule is N=Nc1ccc(OS)c2ccccc12. The second-order valence-corrected chi connectivity index (χ2v) is 3.01. The number of fused-ring (bicyclic) bond motifs is 1. The van der Waals surface area contributed by atoms with Gasteiger partial charge in [0.1, 0.15) is 5.75 Å². The third-order valence-corrected chi connectivity index (χ3v) is 2.28. The minimum absolute atomic E-state index is 0.634. The van der Waals surface area contributed by atoms with E-state index in [9.17, 15) is 0 Å². The standard InChI is InChI=1S/C10H8N2OS/c11-12-9-5-6-10(13-14)8-4-2-1-3-7(8)9/h1-6,11,14H. The maximum atomic E-state index is 7.02. The zero-order valence-corrected chi connectivity index (χ0v) is 8.16. The summed E-state index contributed by atoms with van der Waals surface area (Å²) in [6.07, 6.45) is 0. The van der Waals surface area contributed by atoms with Crippen molar-refractivity contribution in [3.8, 4) is 5.75 Å². The number of thiol groups is 1. The average molecular weight is 204 g/mol. The molecule has 0 spiro atoms. The molecule has 14 heavy (non-hydrogen) atoms. The van der Waals surface area contributed by atoms with Crippen LogP contribution in [-0.4, -0.2) is 0 Å². The van der Waals surface area contributed by atoms with Crippen molar-refractivity contribution in [1.29, 1.82) is 5.53 Å². The van der Waals surface area contributed by atoms with Crippen molar-refractivity contribution in [3.63, 3.8) is 0 Å². The fraction of sp³-hybridized carbons (Fsp3) is 0. The third-order valence-electron chi connectivity index (χ3n) is 2.08. The predicted octanol–water partition coefficient (Wildman–Crippen LogP) is 3.73. The summed E-state index contributed by atoms with van der Waals surface area (Å²) in [6, 6.07) is 11.1.